The van der Waals surface area contributed by atoms with E-state index in [2.05, 4.69) is 15.6 Å². The van der Waals surface area contributed by atoms with Crippen LogP contribution in [0.2, 0.25) is 0 Å². The van der Waals surface area contributed by atoms with Crippen LogP contribution in [0.15, 0.2) is 54.6 Å². The molecule has 2 amide bonds. The second-order valence-corrected chi connectivity index (χ2v) is 6.56. The highest BCUT2D eigenvalue weighted by atomic mass is 32.1. The molecule has 2 aromatic carbocycles. The summed E-state index contributed by atoms with van der Waals surface area (Å²) >= 11 is 1.15. The van der Waals surface area contributed by atoms with Gasteiger partial charge in [0.1, 0.15) is 16.4 Å². The van der Waals surface area contributed by atoms with E-state index in [0.717, 1.165) is 16.9 Å². The van der Waals surface area contributed by atoms with E-state index in [0.29, 0.717) is 27.1 Å². The minimum atomic E-state index is -0.599. The maximum absolute atomic E-state index is 12.8. The Morgan fingerprint density at radius 2 is 1.75 bits per heavy atom. The van der Waals surface area contributed by atoms with Crippen LogP contribution < -0.4 is 15.4 Å². The number of hydrogen-bond acceptors (Lipinski definition) is 6. The summed E-state index contributed by atoms with van der Waals surface area (Å²) in [7, 11) is 1.51. The van der Waals surface area contributed by atoms with Crippen molar-refractivity contribution < 1.29 is 19.1 Å². The molecule has 2 N–H and O–H groups in total. The number of aromatic nitrogens is 1. The molecule has 3 rings (SSSR count). The van der Waals surface area contributed by atoms with E-state index >= 15 is 0 Å². The number of carbonyl (C=O) groups excluding carboxylic acids is 2. The molecule has 0 atom stereocenters. The molecule has 0 fully saturated rings. The van der Waals surface area contributed by atoms with Crippen molar-refractivity contribution in [3.8, 4) is 17.0 Å². The first-order valence-corrected chi connectivity index (χ1v) is 9.38. The standard InChI is InChI=1S/C20H19N3O4S/c1-3-27-20(25)23-19-21-16(13-9-5-4-6-10-13)18(28-19)22-17(24)14-11-7-8-12-15(14)26-2/h4-12H,3H2,1-2H3,(H,22,24)(H,21,23,25). The molecule has 0 radical (unpaired) electrons. The average Bonchev–Trinajstić information content (AvgIpc) is 3.10. The third kappa shape index (κ3) is 4.47. The fraction of sp³-hybridized carbons (Fsp3) is 0.150. The Hall–Kier alpha value is -3.39. The summed E-state index contributed by atoms with van der Waals surface area (Å²) in [6, 6.07) is 16.3. The SMILES string of the molecule is CCOC(=O)Nc1nc(-c2ccccc2)c(NC(=O)c2ccccc2OC)s1. The number of thiazole rings is 1. The molecule has 1 aromatic heterocycles. The second-order valence-electron chi connectivity index (χ2n) is 5.56. The zero-order valence-electron chi connectivity index (χ0n) is 15.4. The van der Waals surface area contributed by atoms with Gasteiger partial charge in [-0.05, 0) is 19.1 Å². The summed E-state index contributed by atoms with van der Waals surface area (Å²) in [5, 5.41) is 6.28. The topological polar surface area (TPSA) is 89.5 Å². The van der Waals surface area contributed by atoms with E-state index in [1.807, 2.05) is 30.3 Å². The van der Waals surface area contributed by atoms with Gasteiger partial charge in [-0.2, -0.15) is 0 Å². The number of methoxy groups -OCH3 is 1. The van der Waals surface area contributed by atoms with Crippen molar-refractivity contribution in [3.05, 3.63) is 60.2 Å². The number of ether oxygens (including phenoxy) is 2. The van der Waals surface area contributed by atoms with Gasteiger partial charge in [0, 0.05) is 5.56 Å². The van der Waals surface area contributed by atoms with Gasteiger partial charge in [-0.25, -0.2) is 9.78 Å². The van der Waals surface area contributed by atoms with Crippen LogP contribution in [0, 0.1) is 0 Å². The molecule has 144 valence electrons. The molecular weight excluding hydrogens is 378 g/mol. The molecule has 0 aliphatic rings. The van der Waals surface area contributed by atoms with Crippen molar-refractivity contribution in [1.82, 2.24) is 4.98 Å². The Morgan fingerprint density at radius 3 is 2.46 bits per heavy atom. The Morgan fingerprint density at radius 1 is 1.04 bits per heavy atom. The number of carbonyl (C=O) groups is 2. The maximum Gasteiger partial charge on any atom is 0.413 e. The van der Waals surface area contributed by atoms with Crippen molar-refractivity contribution >= 4 is 33.5 Å². The minimum absolute atomic E-state index is 0.250. The third-order valence-electron chi connectivity index (χ3n) is 3.74. The molecule has 0 unspecified atom stereocenters. The minimum Gasteiger partial charge on any atom is -0.496 e. The number of hydrogen-bond donors (Lipinski definition) is 2. The van der Waals surface area contributed by atoms with Gasteiger partial charge >= 0.3 is 6.09 Å². The molecule has 8 heteroatoms. The summed E-state index contributed by atoms with van der Waals surface area (Å²) in [5.74, 6) is 0.136. The van der Waals surface area contributed by atoms with Gasteiger partial charge in [0.2, 0.25) is 0 Å². The highest BCUT2D eigenvalue weighted by molar-refractivity contribution is 7.20. The van der Waals surface area contributed by atoms with Gasteiger partial charge in [-0.3, -0.25) is 10.1 Å². The molecular formula is C20H19N3O4S. The lowest BCUT2D eigenvalue weighted by molar-refractivity contribution is 0.102. The van der Waals surface area contributed by atoms with Crippen molar-refractivity contribution in [3.63, 3.8) is 0 Å². The van der Waals surface area contributed by atoms with E-state index in [9.17, 15) is 9.59 Å². The van der Waals surface area contributed by atoms with Gasteiger partial charge < -0.3 is 14.8 Å². The Balaban J connectivity index is 1.93. The van der Waals surface area contributed by atoms with Crippen LogP contribution in [0.25, 0.3) is 11.3 Å². The van der Waals surface area contributed by atoms with Crippen LogP contribution in [0.1, 0.15) is 17.3 Å². The predicted molar refractivity (Wildman–Crippen MR) is 109 cm³/mol. The molecule has 3 aromatic rings. The summed E-state index contributed by atoms with van der Waals surface area (Å²) in [6.45, 7) is 1.97. The molecule has 0 bridgehead atoms. The van der Waals surface area contributed by atoms with Crippen molar-refractivity contribution in [2.45, 2.75) is 6.92 Å². The quantitative estimate of drug-likeness (QED) is 0.632. The predicted octanol–water partition coefficient (Wildman–Crippen LogP) is 4.64. The first-order valence-electron chi connectivity index (χ1n) is 8.56. The lowest BCUT2D eigenvalue weighted by Crippen LogP contribution is -2.13. The highest BCUT2D eigenvalue weighted by Gasteiger charge is 2.19. The van der Waals surface area contributed by atoms with E-state index in [-0.39, 0.29) is 12.5 Å². The summed E-state index contributed by atoms with van der Waals surface area (Å²) < 4.78 is 10.2. The summed E-state index contributed by atoms with van der Waals surface area (Å²) in [5.41, 5.74) is 1.77. The zero-order chi connectivity index (χ0) is 19.9. The molecule has 1 heterocycles. The molecule has 7 nitrogen and oxygen atoms in total. The molecule has 28 heavy (non-hydrogen) atoms. The first-order chi connectivity index (χ1) is 13.6. The number of benzene rings is 2. The van der Waals surface area contributed by atoms with E-state index in [4.69, 9.17) is 9.47 Å². The highest BCUT2D eigenvalue weighted by Crippen LogP contribution is 2.36. The van der Waals surface area contributed by atoms with Crippen LogP contribution in [0.5, 0.6) is 5.75 Å². The summed E-state index contributed by atoms with van der Waals surface area (Å²) in [4.78, 5) is 29.0. The van der Waals surface area contributed by atoms with Crippen LogP contribution in [0.4, 0.5) is 14.9 Å². The largest absolute Gasteiger partial charge is 0.496 e. The van der Waals surface area contributed by atoms with Crippen molar-refractivity contribution in [2.75, 3.05) is 24.4 Å². The lowest BCUT2D eigenvalue weighted by atomic mass is 10.1. The Bertz CT molecular complexity index is 973. The van der Waals surface area contributed by atoms with Crippen LogP contribution in [0.3, 0.4) is 0 Å². The number of nitrogens with one attached hydrogen (secondary N) is 2. The normalized spacial score (nSPS) is 10.2. The number of nitrogens with zero attached hydrogens (tertiary/aromatic N) is 1. The molecule has 0 aliphatic heterocycles. The zero-order valence-corrected chi connectivity index (χ0v) is 16.2. The van der Waals surface area contributed by atoms with Crippen LogP contribution in [-0.4, -0.2) is 30.7 Å². The fourth-order valence-electron chi connectivity index (χ4n) is 2.51. The van der Waals surface area contributed by atoms with Crippen molar-refractivity contribution in [1.29, 1.82) is 0 Å². The Kier molecular flexibility index (Phi) is 6.23. The maximum atomic E-state index is 12.8. The smallest absolute Gasteiger partial charge is 0.413 e. The number of amides is 2. The molecule has 0 saturated carbocycles. The van der Waals surface area contributed by atoms with Crippen LogP contribution >= 0.6 is 11.3 Å². The van der Waals surface area contributed by atoms with Gasteiger partial charge in [0.15, 0.2) is 5.13 Å². The van der Waals surface area contributed by atoms with Gasteiger partial charge in [-0.1, -0.05) is 53.8 Å². The number of rotatable bonds is 6. The number of anilines is 2. The van der Waals surface area contributed by atoms with E-state index < -0.39 is 6.09 Å². The van der Waals surface area contributed by atoms with Gasteiger partial charge in [0.05, 0.1) is 19.3 Å². The third-order valence-corrected chi connectivity index (χ3v) is 4.62. The van der Waals surface area contributed by atoms with Crippen LogP contribution in [-0.2, 0) is 4.74 Å². The summed E-state index contributed by atoms with van der Waals surface area (Å²) in [6.07, 6.45) is -0.599. The Labute approximate surface area is 166 Å². The second kappa shape index (κ2) is 9.01. The number of para-hydroxylation sites is 1. The first kappa shape index (κ1) is 19.4. The fourth-order valence-corrected chi connectivity index (χ4v) is 3.38. The van der Waals surface area contributed by atoms with Gasteiger partial charge in [-0.15, -0.1) is 0 Å². The van der Waals surface area contributed by atoms with E-state index in [1.54, 1.807) is 31.2 Å². The molecule has 0 aliphatic carbocycles. The van der Waals surface area contributed by atoms with Gasteiger partial charge in [0.25, 0.3) is 5.91 Å². The molecule has 0 saturated heterocycles. The lowest BCUT2D eigenvalue weighted by Gasteiger charge is -2.09. The van der Waals surface area contributed by atoms with E-state index in [1.165, 1.54) is 7.11 Å². The monoisotopic (exact) mass is 397 g/mol. The molecule has 0 spiro atoms. The average molecular weight is 397 g/mol. The van der Waals surface area contributed by atoms with Crippen molar-refractivity contribution in [2.24, 2.45) is 0 Å².